The molecule has 0 aliphatic rings. The van der Waals surface area contributed by atoms with Crippen LogP contribution in [0, 0.1) is 28.1 Å². The van der Waals surface area contributed by atoms with Gasteiger partial charge in [-0.2, -0.15) is 5.26 Å². The summed E-state index contributed by atoms with van der Waals surface area (Å²) < 4.78 is 0. The van der Waals surface area contributed by atoms with Crippen LogP contribution in [0.3, 0.4) is 0 Å². The van der Waals surface area contributed by atoms with Crippen LogP contribution in [0.25, 0.3) is 0 Å². The monoisotopic (exact) mass is 303 g/mol. The predicted molar refractivity (Wildman–Crippen MR) is 98.6 cm³/mol. The van der Waals surface area contributed by atoms with Crippen molar-refractivity contribution >= 4 is 0 Å². The molecule has 0 aromatic carbocycles. The highest BCUT2D eigenvalue weighted by Gasteiger charge is 2.13. The molecule has 0 heterocycles. The lowest BCUT2D eigenvalue weighted by Crippen LogP contribution is -2.07. The van der Waals surface area contributed by atoms with E-state index in [1.807, 2.05) is 0 Å². The molecule has 1 heteroatoms. The van der Waals surface area contributed by atoms with E-state index in [0.717, 1.165) is 32.1 Å². The number of allylic oxidation sites excluding steroid dienone is 4. The van der Waals surface area contributed by atoms with Crippen LogP contribution in [0.1, 0.15) is 86.5 Å². The van der Waals surface area contributed by atoms with Crippen LogP contribution in [-0.2, 0) is 0 Å². The van der Waals surface area contributed by atoms with Crippen molar-refractivity contribution in [3.05, 3.63) is 24.3 Å². The molecule has 0 bridgehead atoms. The van der Waals surface area contributed by atoms with Gasteiger partial charge in [0, 0.05) is 0 Å². The highest BCUT2D eigenvalue weighted by Crippen LogP contribution is 2.26. The first-order valence-corrected chi connectivity index (χ1v) is 8.96. The molecule has 0 N–H and O–H groups in total. The van der Waals surface area contributed by atoms with Crippen molar-refractivity contribution in [3.8, 4) is 6.07 Å². The van der Waals surface area contributed by atoms with Crippen molar-refractivity contribution in [2.24, 2.45) is 16.7 Å². The molecule has 126 valence electrons. The van der Waals surface area contributed by atoms with Gasteiger partial charge in [0.25, 0.3) is 0 Å². The van der Waals surface area contributed by atoms with Gasteiger partial charge in [-0.15, -0.1) is 0 Å². The van der Waals surface area contributed by atoms with Crippen LogP contribution < -0.4 is 0 Å². The zero-order valence-electron chi connectivity index (χ0n) is 15.8. The molecule has 0 fully saturated rings. The average Bonchev–Trinajstić information content (AvgIpc) is 2.49. The third-order valence-corrected chi connectivity index (χ3v) is 4.87. The largest absolute Gasteiger partial charge is 0.198 e. The molecule has 0 aliphatic carbocycles. The second kappa shape index (κ2) is 10.7. The fourth-order valence-electron chi connectivity index (χ4n) is 2.00. The van der Waals surface area contributed by atoms with Gasteiger partial charge in [-0.25, -0.2) is 0 Å². The Labute approximate surface area is 139 Å². The van der Waals surface area contributed by atoms with E-state index in [0.29, 0.717) is 10.8 Å². The second-order valence-electron chi connectivity index (χ2n) is 8.03. The van der Waals surface area contributed by atoms with E-state index in [2.05, 4.69) is 71.9 Å². The summed E-state index contributed by atoms with van der Waals surface area (Å²) in [6, 6.07) is 2.45. The maximum Gasteiger partial charge on any atom is 0.0659 e. The molecule has 0 aromatic heterocycles. The molecular formula is C21H37N. The Bertz CT molecular complexity index is 379. The number of hydrogen-bond acceptors (Lipinski definition) is 1. The Morgan fingerprint density at radius 3 is 1.82 bits per heavy atom. The molecule has 0 saturated heterocycles. The Morgan fingerprint density at radius 2 is 1.36 bits per heavy atom. The summed E-state index contributed by atoms with van der Waals surface area (Å²) in [4.78, 5) is 0. The van der Waals surface area contributed by atoms with E-state index in [-0.39, 0.29) is 5.92 Å². The molecule has 0 aromatic rings. The van der Waals surface area contributed by atoms with E-state index < -0.39 is 0 Å². The molecule has 0 rings (SSSR count). The van der Waals surface area contributed by atoms with E-state index in [9.17, 15) is 5.26 Å². The van der Waals surface area contributed by atoms with Gasteiger partial charge in [-0.05, 0) is 42.9 Å². The van der Waals surface area contributed by atoms with Crippen LogP contribution >= 0.6 is 0 Å². The normalized spacial score (nSPS) is 14.6. The lowest BCUT2D eigenvalue weighted by atomic mass is 9.86. The molecule has 0 aliphatic heterocycles. The molecule has 22 heavy (non-hydrogen) atoms. The van der Waals surface area contributed by atoms with Crippen molar-refractivity contribution in [2.75, 3.05) is 0 Å². The van der Waals surface area contributed by atoms with Gasteiger partial charge in [-0.3, -0.25) is 0 Å². The van der Waals surface area contributed by atoms with Crippen LogP contribution in [-0.4, -0.2) is 0 Å². The minimum absolute atomic E-state index is 0.157. The number of rotatable bonds is 11. The van der Waals surface area contributed by atoms with Crippen molar-refractivity contribution in [1.82, 2.24) is 0 Å². The zero-order valence-corrected chi connectivity index (χ0v) is 15.8. The summed E-state index contributed by atoms with van der Waals surface area (Å²) >= 11 is 0. The molecule has 1 atom stereocenters. The van der Waals surface area contributed by atoms with Crippen molar-refractivity contribution < 1.29 is 0 Å². The first-order chi connectivity index (χ1) is 10.3. The highest BCUT2D eigenvalue weighted by molar-refractivity contribution is 4.95. The first-order valence-electron chi connectivity index (χ1n) is 8.96. The third kappa shape index (κ3) is 10.7. The quantitative estimate of drug-likeness (QED) is 0.375. The summed E-state index contributed by atoms with van der Waals surface area (Å²) in [7, 11) is 0. The topological polar surface area (TPSA) is 23.8 Å². The zero-order chi connectivity index (χ0) is 17.1. The van der Waals surface area contributed by atoms with Gasteiger partial charge < -0.3 is 0 Å². The summed E-state index contributed by atoms with van der Waals surface area (Å²) in [5.41, 5.74) is 0.785. The smallest absolute Gasteiger partial charge is 0.0659 e. The Balaban J connectivity index is 4.02. The van der Waals surface area contributed by atoms with Crippen molar-refractivity contribution in [2.45, 2.75) is 86.5 Å². The SMILES string of the molecule is CCC(C)(C)C/C=C/CCC(C#N)C/C=C/CC(C)(C)CC. The van der Waals surface area contributed by atoms with E-state index in [1.54, 1.807) is 0 Å². The molecule has 0 spiro atoms. The van der Waals surface area contributed by atoms with E-state index in [4.69, 9.17) is 0 Å². The average molecular weight is 304 g/mol. The lowest BCUT2D eigenvalue weighted by molar-refractivity contribution is 0.356. The standard InChI is InChI=1S/C21H37N/c1-7-20(3,4)16-12-9-10-14-19(18-22)15-11-13-17-21(5,6)8-2/h9,11-13,19H,7-8,10,14-17H2,1-6H3/b12-9+,13-11+. The third-order valence-electron chi connectivity index (χ3n) is 4.87. The summed E-state index contributed by atoms with van der Waals surface area (Å²) in [6.45, 7) is 13.7. The van der Waals surface area contributed by atoms with Crippen molar-refractivity contribution in [3.63, 3.8) is 0 Å². The van der Waals surface area contributed by atoms with Gasteiger partial charge >= 0.3 is 0 Å². The molecule has 0 saturated carbocycles. The minimum atomic E-state index is 0.157. The Morgan fingerprint density at radius 1 is 0.864 bits per heavy atom. The van der Waals surface area contributed by atoms with E-state index in [1.165, 1.54) is 12.8 Å². The predicted octanol–water partition coefficient (Wildman–Crippen LogP) is 7.06. The maximum absolute atomic E-state index is 9.25. The van der Waals surface area contributed by atoms with Crippen LogP contribution in [0.5, 0.6) is 0 Å². The van der Waals surface area contributed by atoms with Gasteiger partial charge in [-0.1, -0.05) is 78.7 Å². The molecular weight excluding hydrogens is 266 g/mol. The molecule has 1 nitrogen and oxygen atoms in total. The van der Waals surface area contributed by atoms with Gasteiger partial charge in [0.1, 0.15) is 0 Å². The lowest BCUT2D eigenvalue weighted by Gasteiger charge is -2.20. The molecule has 0 amide bonds. The first kappa shape index (κ1) is 21.0. The van der Waals surface area contributed by atoms with Gasteiger partial charge in [0.2, 0.25) is 0 Å². The number of nitriles is 1. The van der Waals surface area contributed by atoms with Crippen LogP contribution in [0.2, 0.25) is 0 Å². The number of nitrogens with zero attached hydrogens (tertiary/aromatic N) is 1. The van der Waals surface area contributed by atoms with Crippen LogP contribution in [0.15, 0.2) is 24.3 Å². The number of hydrogen-bond donors (Lipinski definition) is 0. The Hall–Kier alpha value is -1.03. The molecule has 0 radical (unpaired) electrons. The van der Waals surface area contributed by atoms with E-state index >= 15 is 0 Å². The highest BCUT2D eigenvalue weighted by atomic mass is 14.3. The fraction of sp³-hybridized carbons (Fsp3) is 0.762. The summed E-state index contributed by atoms with van der Waals surface area (Å²) in [6.07, 6.45) is 16.5. The maximum atomic E-state index is 9.25. The van der Waals surface area contributed by atoms with Gasteiger partial charge in [0.15, 0.2) is 0 Å². The Kier molecular flexibility index (Phi) is 10.2. The van der Waals surface area contributed by atoms with Crippen LogP contribution in [0.4, 0.5) is 0 Å². The van der Waals surface area contributed by atoms with Gasteiger partial charge in [0.05, 0.1) is 12.0 Å². The van der Waals surface area contributed by atoms with Crippen molar-refractivity contribution in [1.29, 1.82) is 5.26 Å². The molecule has 1 unspecified atom stereocenters. The fourth-order valence-corrected chi connectivity index (χ4v) is 2.00. The summed E-state index contributed by atoms with van der Waals surface area (Å²) in [5, 5.41) is 9.25. The summed E-state index contributed by atoms with van der Waals surface area (Å²) in [5.74, 6) is 0.157. The second-order valence-corrected chi connectivity index (χ2v) is 8.03. The minimum Gasteiger partial charge on any atom is -0.198 e.